The number of benzene rings is 2. The number of amides is 1. The van der Waals surface area contributed by atoms with E-state index >= 15 is 0 Å². The maximum Gasteiger partial charge on any atom is 0.264 e. The van der Waals surface area contributed by atoms with Gasteiger partial charge in [-0.15, -0.1) is 0 Å². The minimum absolute atomic E-state index is 0.277. The summed E-state index contributed by atoms with van der Waals surface area (Å²) in [6.07, 6.45) is 1.62. The molecule has 1 saturated heterocycles. The number of carbonyl (C=O) groups excluding carboxylic acids is 1. The molecule has 1 amide bonds. The lowest BCUT2D eigenvalue weighted by Gasteiger charge is -2.07. The number of methoxy groups -OCH3 is 2. The van der Waals surface area contributed by atoms with Gasteiger partial charge < -0.3 is 14.8 Å². The molecule has 0 bridgehead atoms. The Balaban J connectivity index is 1.86. The van der Waals surface area contributed by atoms with Gasteiger partial charge in [0.15, 0.2) is 5.17 Å². The van der Waals surface area contributed by atoms with Crippen molar-refractivity contribution in [2.75, 3.05) is 14.2 Å². The highest BCUT2D eigenvalue weighted by Crippen LogP contribution is 2.34. The predicted molar refractivity (Wildman–Crippen MR) is 96.8 cm³/mol. The molecule has 5 nitrogen and oxygen atoms in total. The number of halogens is 1. The smallest absolute Gasteiger partial charge is 0.264 e. The number of hydrogen-bond acceptors (Lipinski definition) is 5. The summed E-state index contributed by atoms with van der Waals surface area (Å²) in [4.78, 5) is 17.0. The summed E-state index contributed by atoms with van der Waals surface area (Å²) in [5.74, 6) is 0.551. The van der Waals surface area contributed by atoms with E-state index in [2.05, 4.69) is 10.3 Å². The largest absolute Gasteiger partial charge is 0.497 e. The molecule has 2 aromatic carbocycles. The molecule has 1 aliphatic heterocycles. The van der Waals surface area contributed by atoms with Crippen LogP contribution in [-0.2, 0) is 4.79 Å². The second-order valence-corrected chi connectivity index (χ2v) is 6.11. The SMILES string of the molecule is COc1ccc(N=C2NC(=O)C(=Cc3cccc(F)c3)S2)c(OC)c1. The fraction of sp³-hybridized carbons (Fsp3) is 0.111. The number of nitrogens with one attached hydrogen (secondary N) is 1. The molecule has 0 aliphatic carbocycles. The Bertz CT molecular complexity index is 880. The first kappa shape index (κ1) is 17.0. The molecule has 7 heteroatoms. The monoisotopic (exact) mass is 358 g/mol. The van der Waals surface area contributed by atoms with E-state index in [1.807, 2.05) is 0 Å². The third-order valence-corrected chi connectivity index (χ3v) is 4.32. The molecular weight excluding hydrogens is 343 g/mol. The highest BCUT2D eigenvalue weighted by molar-refractivity contribution is 8.18. The zero-order chi connectivity index (χ0) is 17.8. The minimum atomic E-state index is -0.352. The Kier molecular flexibility index (Phi) is 5.04. The van der Waals surface area contributed by atoms with Gasteiger partial charge in [0, 0.05) is 6.07 Å². The average Bonchev–Trinajstić information content (AvgIpc) is 2.94. The van der Waals surface area contributed by atoms with E-state index in [9.17, 15) is 9.18 Å². The first-order chi connectivity index (χ1) is 12.1. The van der Waals surface area contributed by atoms with Crippen molar-refractivity contribution >= 4 is 34.6 Å². The van der Waals surface area contributed by atoms with E-state index in [1.54, 1.807) is 43.5 Å². The van der Waals surface area contributed by atoms with Gasteiger partial charge in [0.2, 0.25) is 0 Å². The number of ether oxygens (including phenoxy) is 2. The summed E-state index contributed by atoms with van der Waals surface area (Å²) in [6, 6.07) is 11.3. The van der Waals surface area contributed by atoms with Crippen LogP contribution in [0.2, 0.25) is 0 Å². The molecule has 3 rings (SSSR count). The van der Waals surface area contributed by atoms with E-state index < -0.39 is 0 Å². The highest BCUT2D eigenvalue weighted by atomic mass is 32.2. The number of thioether (sulfide) groups is 1. The Labute approximate surface area is 148 Å². The molecule has 0 saturated carbocycles. The van der Waals surface area contributed by atoms with Crippen molar-refractivity contribution in [3.63, 3.8) is 0 Å². The van der Waals surface area contributed by atoms with Gasteiger partial charge in [0.25, 0.3) is 5.91 Å². The fourth-order valence-electron chi connectivity index (χ4n) is 2.21. The molecular formula is C18H15FN2O3S. The lowest BCUT2D eigenvalue weighted by molar-refractivity contribution is -0.115. The third-order valence-electron chi connectivity index (χ3n) is 3.41. The summed E-state index contributed by atoms with van der Waals surface area (Å²) in [6.45, 7) is 0. The molecule has 0 unspecified atom stereocenters. The Morgan fingerprint density at radius 3 is 2.72 bits per heavy atom. The van der Waals surface area contributed by atoms with Crippen LogP contribution < -0.4 is 14.8 Å². The second kappa shape index (κ2) is 7.40. The van der Waals surface area contributed by atoms with Crippen molar-refractivity contribution in [1.82, 2.24) is 5.32 Å². The summed E-state index contributed by atoms with van der Waals surface area (Å²) in [5.41, 5.74) is 1.18. The lowest BCUT2D eigenvalue weighted by atomic mass is 10.2. The van der Waals surface area contributed by atoms with Crippen molar-refractivity contribution < 1.29 is 18.7 Å². The first-order valence-electron chi connectivity index (χ1n) is 7.36. The molecule has 1 aliphatic rings. The van der Waals surface area contributed by atoms with E-state index in [-0.39, 0.29) is 11.7 Å². The molecule has 25 heavy (non-hydrogen) atoms. The Hall–Kier alpha value is -2.80. The topological polar surface area (TPSA) is 59.9 Å². The maximum atomic E-state index is 13.3. The zero-order valence-electron chi connectivity index (χ0n) is 13.6. The van der Waals surface area contributed by atoms with Gasteiger partial charge in [0.05, 0.1) is 19.1 Å². The van der Waals surface area contributed by atoms with Gasteiger partial charge in [-0.05, 0) is 47.7 Å². The number of carbonyl (C=O) groups is 1. The molecule has 1 N–H and O–H groups in total. The Morgan fingerprint density at radius 2 is 2.00 bits per heavy atom. The van der Waals surface area contributed by atoms with E-state index in [4.69, 9.17) is 9.47 Å². The third kappa shape index (κ3) is 4.00. The van der Waals surface area contributed by atoms with Crippen molar-refractivity contribution in [2.45, 2.75) is 0 Å². The average molecular weight is 358 g/mol. The van der Waals surface area contributed by atoms with Gasteiger partial charge in [-0.25, -0.2) is 9.38 Å². The van der Waals surface area contributed by atoms with E-state index in [1.165, 1.54) is 31.0 Å². The summed E-state index contributed by atoms with van der Waals surface area (Å²) < 4.78 is 23.7. The molecule has 1 fully saturated rings. The van der Waals surface area contributed by atoms with Crippen LogP contribution in [0.5, 0.6) is 11.5 Å². The molecule has 0 atom stereocenters. The van der Waals surface area contributed by atoms with Crippen molar-refractivity contribution in [1.29, 1.82) is 0 Å². The Morgan fingerprint density at radius 1 is 1.16 bits per heavy atom. The second-order valence-electron chi connectivity index (χ2n) is 5.07. The standard InChI is InChI=1S/C18H15FN2O3S/c1-23-13-6-7-14(15(10-13)24-2)20-18-21-17(22)16(25-18)9-11-4-3-5-12(19)8-11/h3-10H,1-2H3,(H,20,21,22). The van der Waals surface area contributed by atoms with Crippen LogP contribution in [0.4, 0.5) is 10.1 Å². The molecule has 0 spiro atoms. The van der Waals surface area contributed by atoms with Crippen LogP contribution in [-0.4, -0.2) is 25.3 Å². The van der Waals surface area contributed by atoms with Gasteiger partial charge in [-0.2, -0.15) is 0 Å². The number of aliphatic imine (C=N–C) groups is 1. The highest BCUT2D eigenvalue weighted by Gasteiger charge is 2.24. The minimum Gasteiger partial charge on any atom is -0.497 e. The molecule has 128 valence electrons. The van der Waals surface area contributed by atoms with Crippen LogP contribution in [0.15, 0.2) is 52.4 Å². The molecule has 1 heterocycles. The summed E-state index contributed by atoms with van der Waals surface area (Å²) in [5, 5.41) is 3.12. The number of amidine groups is 1. The fourth-order valence-corrected chi connectivity index (χ4v) is 3.05. The number of nitrogens with zero attached hydrogens (tertiary/aromatic N) is 1. The number of hydrogen-bond donors (Lipinski definition) is 1. The van der Waals surface area contributed by atoms with Crippen molar-refractivity contribution in [3.8, 4) is 11.5 Å². The maximum absolute atomic E-state index is 13.3. The van der Waals surface area contributed by atoms with Crippen LogP contribution in [0.25, 0.3) is 6.08 Å². The predicted octanol–water partition coefficient (Wildman–Crippen LogP) is 3.73. The van der Waals surface area contributed by atoms with Gasteiger partial charge in [-0.1, -0.05) is 12.1 Å². The molecule has 2 aromatic rings. The van der Waals surface area contributed by atoms with E-state index in [0.29, 0.717) is 32.8 Å². The van der Waals surface area contributed by atoms with Crippen molar-refractivity contribution in [2.24, 2.45) is 4.99 Å². The summed E-state index contributed by atoms with van der Waals surface area (Å²) >= 11 is 1.18. The van der Waals surface area contributed by atoms with E-state index in [0.717, 1.165) is 0 Å². The van der Waals surface area contributed by atoms with Gasteiger partial charge >= 0.3 is 0 Å². The van der Waals surface area contributed by atoms with Crippen LogP contribution >= 0.6 is 11.8 Å². The van der Waals surface area contributed by atoms with Gasteiger partial charge in [-0.3, -0.25) is 4.79 Å². The summed E-state index contributed by atoms with van der Waals surface area (Å²) in [7, 11) is 3.10. The van der Waals surface area contributed by atoms with Crippen LogP contribution in [0, 0.1) is 5.82 Å². The lowest BCUT2D eigenvalue weighted by Crippen LogP contribution is -2.19. The zero-order valence-corrected chi connectivity index (χ0v) is 14.4. The van der Waals surface area contributed by atoms with Crippen LogP contribution in [0.1, 0.15) is 5.56 Å². The molecule has 0 aromatic heterocycles. The normalized spacial score (nSPS) is 17.0. The molecule has 0 radical (unpaired) electrons. The van der Waals surface area contributed by atoms with Crippen LogP contribution in [0.3, 0.4) is 0 Å². The quantitative estimate of drug-likeness (QED) is 0.846. The van der Waals surface area contributed by atoms with Gasteiger partial charge in [0.1, 0.15) is 23.0 Å². The van der Waals surface area contributed by atoms with Crippen molar-refractivity contribution in [3.05, 3.63) is 58.8 Å². The first-order valence-corrected chi connectivity index (χ1v) is 8.18. The number of rotatable bonds is 4.